The van der Waals surface area contributed by atoms with Gasteiger partial charge in [-0.15, -0.1) is 0 Å². The summed E-state index contributed by atoms with van der Waals surface area (Å²) in [5.41, 5.74) is 0.201. The van der Waals surface area contributed by atoms with E-state index in [9.17, 15) is 4.57 Å². The van der Waals surface area contributed by atoms with Gasteiger partial charge in [-0.25, -0.2) is 0 Å². The second-order valence-electron chi connectivity index (χ2n) is 3.01. The molecule has 0 rings (SSSR count). The number of rotatable bonds is 3. The van der Waals surface area contributed by atoms with Crippen molar-refractivity contribution in [3.05, 3.63) is 0 Å². The van der Waals surface area contributed by atoms with E-state index >= 15 is 0 Å². The van der Waals surface area contributed by atoms with Gasteiger partial charge in [0.05, 0.1) is 0 Å². The van der Waals surface area contributed by atoms with Crippen LogP contribution in [0.5, 0.6) is 0 Å². The molecule has 8 heteroatoms. The quantitative estimate of drug-likeness (QED) is 0.387. The van der Waals surface area contributed by atoms with Crippen LogP contribution in [0.15, 0.2) is 0 Å². The molecule has 0 aliphatic carbocycles. The van der Waals surface area contributed by atoms with Crippen LogP contribution in [0.3, 0.4) is 0 Å². The molecule has 0 amide bonds. The van der Waals surface area contributed by atoms with Crippen LogP contribution in [-0.2, 0) is 4.57 Å². The Morgan fingerprint density at radius 3 is 1.85 bits per heavy atom. The monoisotopic (exact) mass is 238 g/mol. The molecule has 0 aromatic carbocycles. The van der Waals surface area contributed by atoms with Crippen molar-refractivity contribution in [2.75, 3.05) is 6.66 Å². The van der Waals surface area contributed by atoms with Gasteiger partial charge in [0.1, 0.15) is 0 Å². The SMILES string of the molecule is CC(C[CH2][Na])[SiH](O)O.CP(=O)(O)O. The van der Waals surface area contributed by atoms with Crippen molar-refractivity contribution in [1.29, 1.82) is 0 Å². The summed E-state index contributed by atoms with van der Waals surface area (Å²) >= 11 is 1.18. The Balaban J connectivity index is 0. The van der Waals surface area contributed by atoms with E-state index in [0.717, 1.165) is 13.1 Å². The zero-order valence-corrected chi connectivity index (χ0v) is 12.3. The maximum atomic E-state index is 9.33. The predicted molar refractivity (Wildman–Crippen MR) is 54.2 cm³/mol. The smallest absolute Gasteiger partial charge is 0.322 e. The van der Waals surface area contributed by atoms with Gasteiger partial charge in [0.15, 0.2) is 0 Å². The van der Waals surface area contributed by atoms with Gasteiger partial charge in [0.25, 0.3) is 0 Å². The summed E-state index contributed by atoms with van der Waals surface area (Å²) < 4.78 is 10.5. The van der Waals surface area contributed by atoms with Crippen LogP contribution in [-0.4, -0.2) is 63.3 Å². The van der Waals surface area contributed by atoms with Gasteiger partial charge >= 0.3 is 77.0 Å². The molecule has 0 aliphatic heterocycles. The average Bonchev–Trinajstić information content (AvgIpc) is 1.84. The summed E-state index contributed by atoms with van der Waals surface area (Å²) in [7, 11) is -5.90. The van der Waals surface area contributed by atoms with Crippen LogP contribution < -0.4 is 0 Å². The molecule has 1 unspecified atom stereocenters. The molecule has 0 radical (unpaired) electrons. The molecule has 4 N–H and O–H groups in total. The van der Waals surface area contributed by atoms with Gasteiger partial charge in [-0.1, -0.05) is 0 Å². The first kappa shape index (κ1) is 16.7. The third-order valence-electron chi connectivity index (χ3n) is 1.25. The molecule has 0 bridgehead atoms. The normalized spacial score (nSPS) is 13.6. The van der Waals surface area contributed by atoms with Crippen molar-refractivity contribution in [3.8, 4) is 0 Å². The van der Waals surface area contributed by atoms with E-state index in [-0.39, 0.29) is 5.54 Å². The van der Waals surface area contributed by atoms with Gasteiger partial charge in [-0.05, 0) is 0 Å². The van der Waals surface area contributed by atoms with Gasteiger partial charge in [0, 0.05) is 6.66 Å². The molecule has 0 aromatic heterocycles. The standard InChI is InChI=1S/C4H11O2Si.CH5O3P.Na/c1-3-4(2)7(5)6;1-5(2,3)4;/h4-7H,1,3H2,2H3;1H3,(H2,2,3,4);. The summed E-state index contributed by atoms with van der Waals surface area (Å²) in [6.07, 6.45) is 1.01. The second kappa shape index (κ2) is 8.58. The van der Waals surface area contributed by atoms with E-state index < -0.39 is 16.9 Å². The minimum Gasteiger partial charge on any atom is -0.325 e. The Bertz CT molecular complexity index is 153. The van der Waals surface area contributed by atoms with E-state index in [1.807, 2.05) is 6.92 Å². The fraction of sp³-hybridized carbons (Fsp3) is 1.00. The second-order valence-corrected chi connectivity index (χ2v) is 7.65. The third-order valence-corrected chi connectivity index (χ3v) is 3.18. The van der Waals surface area contributed by atoms with Gasteiger partial charge in [-0.2, -0.15) is 0 Å². The van der Waals surface area contributed by atoms with E-state index in [0.29, 0.717) is 0 Å². The van der Waals surface area contributed by atoms with Crippen molar-refractivity contribution in [2.45, 2.75) is 22.6 Å². The average molecular weight is 238 g/mol. The number of hydrogen-bond donors (Lipinski definition) is 4. The van der Waals surface area contributed by atoms with Crippen molar-refractivity contribution >= 4 is 44.8 Å². The Kier molecular flexibility index (Phi) is 11.0. The maximum absolute atomic E-state index is 9.33. The van der Waals surface area contributed by atoms with Crippen LogP contribution in [0, 0.1) is 0 Å². The predicted octanol–water partition coefficient (Wildman–Crippen LogP) is -0.648. The van der Waals surface area contributed by atoms with Crippen LogP contribution >= 0.6 is 7.60 Å². The third kappa shape index (κ3) is 24.6. The molecule has 0 aliphatic rings. The molecular formula is C5H16NaO5PSi. The van der Waals surface area contributed by atoms with E-state index in [2.05, 4.69) is 0 Å². The molecule has 0 aromatic rings. The molecular weight excluding hydrogens is 222 g/mol. The minimum absolute atomic E-state index is 0.201. The maximum Gasteiger partial charge on any atom is 0.322 e. The molecule has 1 atom stereocenters. The molecule has 0 spiro atoms. The first-order valence-corrected chi connectivity index (χ1v) is 9.25. The molecule has 5 nitrogen and oxygen atoms in total. The van der Waals surface area contributed by atoms with Crippen LogP contribution in [0.4, 0.5) is 0 Å². The fourth-order valence-corrected chi connectivity index (χ4v) is 2.81. The molecule has 0 fully saturated rings. The van der Waals surface area contributed by atoms with Crippen molar-refractivity contribution < 1.29 is 23.9 Å². The van der Waals surface area contributed by atoms with Gasteiger partial charge in [0.2, 0.25) is 0 Å². The Labute approximate surface area is 97.6 Å². The first-order valence-electron chi connectivity index (χ1n) is 4.07. The summed E-state index contributed by atoms with van der Waals surface area (Å²) in [4.78, 5) is 32.6. The Morgan fingerprint density at radius 1 is 1.46 bits per heavy atom. The molecule has 0 saturated carbocycles. The summed E-state index contributed by atoms with van der Waals surface area (Å²) in [5.74, 6) is 0. The van der Waals surface area contributed by atoms with Crippen LogP contribution in [0.2, 0.25) is 9.21 Å². The Morgan fingerprint density at radius 2 is 1.77 bits per heavy atom. The number of hydrogen-bond acceptors (Lipinski definition) is 3. The van der Waals surface area contributed by atoms with E-state index in [1.165, 1.54) is 31.6 Å². The minimum atomic E-state index is -3.64. The van der Waals surface area contributed by atoms with Gasteiger partial charge < -0.3 is 9.79 Å². The zero-order chi connectivity index (χ0) is 11.1. The summed E-state index contributed by atoms with van der Waals surface area (Å²) in [5, 5.41) is 0. The van der Waals surface area contributed by atoms with Crippen molar-refractivity contribution in [3.63, 3.8) is 0 Å². The van der Waals surface area contributed by atoms with E-state index in [1.54, 1.807) is 0 Å². The van der Waals surface area contributed by atoms with Crippen molar-refractivity contribution in [2.24, 2.45) is 0 Å². The van der Waals surface area contributed by atoms with Crippen LogP contribution in [0.1, 0.15) is 13.3 Å². The van der Waals surface area contributed by atoms with E-state index in [4.69, 9.17) is 19.4 Å². The topological polar surface area (TPSA) is 98.0 Å². The molecule has 76 valence electrons. The van der Waals surface area contributed by atoms with Crippen LogP contribution in [0.25, 0.3) is 0 Å². The first-order chi connectivity index (χ1) is 5.68. The summed E-state index contributed by atoms with van der Waals surface area (Å²) in [6, 6.07) is 0. The van der Waals surface area contributed by atoms with Crippen molar-refractivity contribution in [1.82, 2.24) is 0 Å². The largest absolute Gasteiger partial charge is 0.325 e. The molecule has 13 heavy (non-hydrogen) atoms. The Hall–Kier alpha value is 1.29. The molecule has 0 saturated heterocycles. The summed E-state index contributed by atoms with van der Waals surface area (Å²) in [6.45, 7) is 2.77. The molecule has 0 heterocycles. The van der Waals surface area contributed by atoms with Gasteiger partial charge in [-0.3, -0.25) is 4.57 Å². The fourth-order valence-electron chi connectivity index (χ4n) is 0.604. The zero-order valence-electron chi connectivity index (χ0n) is 8.21.